The number of fused-ring (bicyclic) bond motifs is 12. The second kappa shape index (κ2) is 7.76. The van der Waals surface area contributed by atoms with Gasteiger partial charge in [-0.25, -0.2) is 9.97 Å². The number of thiophene rings is 1. The second-order valence-electron chi connectivity index (χ2n) is 9.96. The van der Waals surface area contributed by atoms with Gasteiger partial charge in [0.2, 0.25) is 0 Å². The van der Waals surface area contributed by atoms with E-state index in [9.17, 15) is 0 Å². The van der Waals surface area contributed by atoms with Crippen LogP contribution in [0, 0.1) is 0 Å². The lowest BCUT2D eigenvalue weighted by Crippen LogP contribution is -1.81. The number of nitrogens with one attached hydrogen (secondary N) is 2. The van der Waals surface area contributed by atoms with Crippen molar-refractivity contribution in [3.63, 3.8) is 0 Å². The van der Waals surface area contributed by atoms with Gasteiger partial charge in [0.25, 0.3) is 0 Å². The molecule has 0 saturated carbocycles. The Labute approximate surface area is 226 Å². The molecule has 3 aromatic heterocycles. The van der Waals surface area contributed by atoms with Gasteiger partial charge in [-0.15, -0.1) is 11.3 Å². The molecule has 4 nitrogen and oxygen atoms in total. The highest BCUT2D eigenvalue weighted by Crippen LogP contribution is 2.40. The normalized spacial score (nSPS) is 12.1. The van der Waals surface area contributed by atoms with E-state index in [-0.39, 0.29) is 0 Å². The standard InChI is InChI=1S/C34H20N4S/c1-5-13-23-19(9-1)20-10-2-6-14-24(20)30-29(23)35-33(36-30)27-17-18-28(39-27)34-37-31-25-15-7-3-11-21(25)22-12-4-8-16-26(22)32(31)38-34/h1-18H,(H,35,36)(H,37,38). The third-order valence-electron chi connectivity index (χ3n) is 7.82. The van der Waals surface area contributed by atoms with Crippen molar-refractivity contribution in [1.82, 2.24) is 19.9 Å². The molecule has 0 fully saturated rings. The number of aromatic nitrogens is 4. The predicted octanol–water partition coefficient (Wildman–Crippen LogP) is 9.45. The Morgan fingerprint density at radius 3 is 1.13 bits per heavy atom. The fourth-order valence-corrected chi connectivity index (χ4v) is 6.97. The molecule has 0 radical (unpaired) electrons. The maximum atomic E-state index is 5.12. The van der Waals surface area contributed by atoms with Gasteiger partial charge in [-0.1, -0.05) is 97.1 Å². The van der Waals surface area contributed by atoms with Crippen molar-refractivity contribution in [2.24, 2.45) is 0 Å². The van der Waals surface area contributed by atoms with Crippen LogP contribution in [0.15, 0.2) is 109 Å². The zero-order valence-electron chi connectivity index (χ0n) is 20.7. The summed E-state index contributed by atoms with van der Waals surface area (Å²) < 4.78 is 0. The molecule has 182 valence electrons. The number of imidazole rings is 2. The molecule has 9 aromatic rings. The number of hydrogen-bond acceptors (Lipinski definition) is 3. The summed E-state index contributed by atoms with van der Waals surface area (Å²) in [6.45, 7) is 0. The molecule has 39 heavy (non-hydrogen) atoms. The Morgan fingerprint density at radius 1 is 0.385 bits per heavy atom. The van der Waals surface area contributed by atoms with Crippen molar-refractivity contribution in [2.45, 2.75) is 0 Å². The molecule has 0 aliphatic carbocycles. The van der Waals surface area contributed by atoms with E-state index in [1.807, 2.05) is 0 Å². The Bertz CT molecular complexity index is 2090. The second-order valence-corrected chi connectivity index (χ2v) is 11.0. The highest BCUT2D eigenvalue weighted by Gasteiger charge is 2.17. The van der Waals surface area contributed by atoms with E-state index in [1.54, 1.807) is 11.3 Å². The summed E-state index contributed by atoms with van der Waals surface area (Å²) in [5, 5.41) is 9.66. The lowest BCUT2D eigenvalue weighted by Gasteiger charge is -2.05. The van der Waals surface area contributed by atoms with E-state index in [1.165, 1.54) is 43.1 Å². The van der Waals surface area contributed by atoms with Gasteiger partial charge in [0.1, 0.15) is 11.6 Å². The quantitative estimate of drug-likeness (QED) is 0.225. The van der Waals surface area contributed by atoms with Crippen LogP contribution in [0.3, 0.4) is 0 Å². The van der Waals surface area contributed by atoms with Crippen LogP contribution in [0.1, 0.15) is 0 Å². The first-order chi connectivity index (χ1) is 19.3. The fourth-order valence-electron chi connectivity index (χ4n) is 6.07. The van der Waals surface area contributed by atoms with Gasteiger partial charge in [-0.05, 0) is 33.7 Å². The monoisotopic (exact) mass is 516 g/mol. The smallest absolute Gasteiger partial charge is 0.148 e. The summed E-state index contributed by atoms with van der Waals surface area (Å²) >= 11 is 1.70. The largest absolute Gasteiger partial charge is 0.337 e. The minimum atomic E-state index is 0.884. The van der Waals surface area contributed by atoms with Gasteiger partial charge in [-0.3, -0.25) is 0 Å². The highest BCUT2D eigenvalue weighted by atomic mass is 32.1. The molecule has 0 unspecified atom stereocenters. The van der Waals surface area contributed by atoms with Gasteiger partial charge >= 0.3 is 0 Å². The third kappa shape index (κ3) is 2.93. The van der Waals surface area contributed by atoms with E-state index in [4.69, 9.17) is 9.97 Å². The summed E-state index contributed by atoms with van der Waals surface area (Å²) in [7, 11) is 0. The van der Waals surface area contributed by atoms with Gasteiger partial charge in [0.15, 0.2) is 0 Å². The Hall–Kier alpha value is -5.00. The summed E-state index contributed by atoms with van der Waals surface area (Å²) in [6.07, 6.45) is 0. The third-order valence-corrected chi connectivity index (χ3v) is 8.92. The first kappa shape index (κ1) is 21.0. The van der Waals surface area contributed by atoms with Crippen LogP contribution in [0.5, 0.6) is 0 Å². The number of rotatable bonds is 2. The predicted molar refractivity (Wildman–Crippen MR) is 165 cm³/mol. The molecular formula is C34H20N4S. The molecule has 0 spiro atoms. The minimum Gasteiger partial charge on any atom is -0.337 e. The zero-order chi connectivity index (χ0) is 25.5. The molecule has 3 heterocycles. The van der Waals surface area contributed by atoms with E-state index < -0.39 is 0 Å². The van der Waals surface area contributed by atoms with Gasteiger partial charge < -0.3 is 9.97 Å². The van der Waals surface area contributed by atoms with Crippen molar-refractivity contribution in [2.75, 3.05) is 0 Å². The molecule has 0 amide bonds. The van der Waals surface area contributed by atoms with Crippen LogP contribution in [0.25, 0.3) is 86.6 Å². The first-order valence-corrected chi connectivity index (χ1v) is 13.8. The van der Waals surface area contributed by atoms with Gasteiger partial charge in [-0.2, -0.15) is 0 Å². The summed E-state index contributed by atoms with van der Waals surface area (Å²) in [5.41, 5.74) is 4.18. The maximum Gasteiger partial charge on any atom is 0.148 e. The van der Waals surface area contributed by atoms with Crippen molar-refractivity contribution >= 4 is 76.5 Å². The zero-order valence-corrected chi connectivity index (χ0v) is 21.5. The van der Waals surface area contributed by atoms with Gasteiger partial charge in [0.05, 0.1) is 31.8 Å². The average Bonchev–Trinajstić information content (AvgIpc) is 3.76. The molecule has 0 atom stereocenters. The van der Waals surface area contributed by atoms with E-state index in [2.05, 4.69) is 119 Å². The number of hydrogen-bond donors (Lipinski definition) is 2. The average molecular weight is 517 g/mol. The molecule has 0 saturated heterocycles. The van der Waals surface area contributed by atoms with E-state index >= 15 is 0 Å². The highest BCUT2D eigenvalue weighted by molar-refractivity contribution is 7.18. The van der Waals surface area contributed by atoms with Gasteiger partial charge in [0, 0.05) is 21.5 Å². The van der Waals surface area contributed by atoms with Crippen LogP contribution >= 0.6 is 11.3 Å². The SMILES string of the molecule is c1ccc2c(c1)c1ccccc1c1[nH]c(-c3ccc(-c4nc5c6ccccc6c6ccccc6c5[nH]4)s3)nc21. The van der Waals surface area contributed by atoms with E-state index in [0.29, 0.717) is 0 Å². The molecule has 0 aliphatic heterocycles. The van der Waals surface area contributed by atoms with Crippen LogP contribution < -0.4 is 0 Å². The molecule has 9 rings (SSSR count). The summed E-state index contributed by atoms with van der Waals surface area (Å²) in [4.78, 5) is 19.7. The lowest BCUT2D eigenvalue weighted by molar-refractivity contribution is 1.36. The number of aromatic amines is 2. The number of benzene rings is 6. The topological polar surface area (TPSA) is 57.4 Å². The lowest BCUT2D eigenvalue weighted by atomic mass is 10.0. The summed E-state index contributed by atoms with van der Waals surface area (Å²) in [5.74, 6) is 1.77. The van der Waals surface area contributed by atoms with E-state index in [0.717, 1.165) is 43.5 Å². The number of H-pyrrole nitrogens is 2. The van der Waals surface area contributed by atoms with Crippen molar-refractivity contribution < 1.29 is 0 Å². The molecule has 6 aromatic carbocycles. The molecule has 2 N–H and O–H groups in total. The van der Waals surface area contributed by atoms with Crippen LogP contribution in [0.2, 0.25) is 0 Å². The molecule has 0 bridgehead atoms. The molecule has 0 aliphatic rings. The van der Waals surface area contributed by atoms with Crippen molar-refractivity contribution in [1.29, 1.82) is 0 Å². The van der Waals surface area contributed by atoms with Crippen LogP contribution in [0.4, 0.5) is 0 Å². The van der Waals surface area contributed by atoms with Crippen LogP contribution in [-0.4, -0.2) is 19.9 Å². The summed E-state index contributed by atoms with van der Waals surface area (Å²) in [6, 6.07) is 38.5. The molecular weight excluding hydrogens is 496 g/mol. The fraction of sp³-hybridized carbons (Fsp3) is 0. The van der Waals surface area contributed by atoms with Crippen molar-refractivity contribution in [3.8, 4) is 21.4 Å². The minimum absolute atomic E-state index is 0.884. The van der Waals surface area contributed by atoms with Crippen LogP contribution in [-0.2, 0) is 0 Å². The first-order valence-electron chi connectivity index (χ1n) is 13.0. The maximum absolute atomic E-state index is 5.12. The number of nitrogens with zero attached hydrogens (tertiary/aromatic N) is 2. The Morgan fingerprint density at radius 2 is 0.718 bits per heavy atom. The Kier molecular flexibility index (Phi) is 4.18. The molecule has 5 heteroatoms. The van der Waals surface area contributed by atoms with Crippen molar-refractivity contribution in [3.05, 3.63) is 109 Å². The Balaban J connectivity index is 1.24.